The smallest absolute Gasteiger partial charge is 0.373 e. The third-order valence-corrected chi connectivity index (χ3v) is 1.72. The average molecular weight is 210 g/mol. The fourth-order valence-electron chi connectivity index (χ4n) is 1.03. The predicted molar refractivity (Wildman–Crippen MR) is 54.7 cm³/mol. The minimum absolute atomic E-state index is 0.431. The third kappa shape index (κ3) is 3.59. The van der Waals surface area contributed by atoms with Gasteiger partial charge in [-0.05, 0) is 30.7 Å². The van der Waals surface area contributed by atoms with Crippen LogP contribution in [0.3, 0.4) is 0 Å². The van der Waals surface area contributed by atoms with Gasteiger partial charge in [0, 0.05) is 0 Å². The fourth-order valence-corrected chi connectivity index (χ4v) is 1.03. The first kappa shape index (κ1) is 11.5. The fraction of sp³-hybridized carbons (Fsp3) is 0.364. The molecule has 1 aromatic rings. The van der Waals surface area contributed by atoms with Gasteiger partial charge in [0.15, 0.2) is 0 Å². The van der Waals surface area contributed by atoms with Crippen molar-refractivity contribution in [2.24, 2.45) is 0 Å². The van der Waals surface area contributed by atoms with Crippen LogP contribution >= 0.6 is 0 Å². The number of hydrogen-bond donors (Lipinski definition) is 0. The molecule has 15 heavy (non-hydrogen) atoms. The van der Waals surface area contributed by atoms with Crippen LogP contribution in [-0.4, -0.2) is 19.7 Å². The summed E-state index contributed by atoms with van der Waals surface area (Å²) in [4.78, 5) is 19.8. The molecule has 0 unspecified atom stereocenters. The van der Waals surface area contributed by atoms with Crippen LogP contribution in [-0.2, 0) is 9.78 Å². The van der Waals surface area contributed by atoms with Crippen molar-refractivity contribution in [2.45, 2.75) is 13.3 Å². The van der Waals surface area contributed by atoms with Crippen molar-refractivity contribution in [2.75, 3.05) is 13.7 Å². The Morgan fingerprint density at radius 2 is 1.93 bits per heavy atom. The topological polar surface area (TPSA) is 44.8 Å². The molecule has 0 fully saturated rings. The molecule has 4 heteroatoms. The van der Waals surface area contributed by atoms with Crippen molar-refractivity contribution in [1.82, 2.24) is 0 Å². The van der Waals surface area contributed by atoms with Gasteiger partial charge in [-0.3, -0.25) is 4.89 Å². The summed E-state index contributed by atoms with van der Waals surface area (Å²) in [6.45, 7) is 2.70. The highest BCUT2D eigenvalue weighted by Crippen LogP contribution is 2.13. The quantitative estimate of drug-likeness (QED) is 0.552. The summed E-state index contributed by atoms with van der Waals surface area (Å²) in [6, 6.07) is 6.71. The minimum Gasteiger partial charge on any atom is -0.494 e. The van der Waals surface area contributed by atoms with Gasteiger partial charge in [0.05, 0.1) is 19.3 Å². The number of carbonyl (C=O) groups is 1. The zero-order chi connectivity index (χ0) is 11.1. The Balaban J connectivity index is 2.59. The highest BCUT2D eigenvalue weighted by Gasteiger charge is 2.06. The number of benzene rings is 1. The SMILES string of the molecule is CCCOc1ccc(C(=O)OOC)cc1. The van der Waals surface area contributed by atoms with Crippen molar-refractivity contribution < 1.29 is 19.3 Å². The first-order valence-electron chi connectivity index (χ1n) is 4.75. The van der Waals surface area contributed by atoms with Gasteiger partial charge in [0.25, 0.3) is 0 Å². The lowest BCUT2D eigenvalue weighted by atomic mass is 10.2. The van der Waals surface area contributed by atoms with Gasteiger partial charge in [0.2, 0.25) is 0 Å². The Kier molecular flexibility index (Phi) is 4.63. The van der Waals surface area contributed by atoms with Crippen molar-refractivity contribution in [3.05, 3.63) is 29.8 Å². The molecule has 1 aromatic carbocycles. The molecule has 0 bridgehead atoms. The van der Waals surface area contributed by atoms with Gasteiger partial charge in [-0.2, -0.15) is 4.89 Å². The first-order valence-corrected chi connectivity index (χ1v) is 4.75. The summed E-state index contributed by atoms with van der Waals surface area (Å²) in [5.74, 6) is 0.227. The lowest BCUT2D eigenvalue weighted by Gasteiger charge is -2.04. The van der Waals surface area contributed by atoms with Crippen LogP contribution in [0, 0.1) is 0 Å². The summed E-state index contributed by atoms with van der Waals surface area (Å²) < 4.78 is 5.37. The Labute approximate surface area is 88.7 Å². The van der Waals surface area contributed by atoms with Gasteiger partial charge in [-0.15, -0.1) is 0 Å². The number of hydrogen-bond acceptors (Lipinski definition) is 4. The zero-order valence-electron chi connectivity index (χ0n) is 8.86. The monoisotopic (exact) mass is 210 g/mol. The maximum atomic E-state index is 11.2. The largest absolute Gasteiger partial charge is 0.494 e. The molecule has 4 nitrogen and oxygen atoms in total. The van der Waals surface area contributed by atoms with E-state index >= 15 is 0 Å². The van der Waals surface area contributed by atoms with Crippen molar-refractivity contribution in [3.8, 4) is 5.75 Å². The molecule has 0 spiro atoms. The molecule has 1 rings (SSSR count). The first-order chi connectivity index (χ1) is 7.27. The lowest BCUT2D eigenvalue weighted by molar-refractivity contribution is -0.216. The molecular formula is C11H14O4. The Bertz CT molecular complexity index is 305. The molecule has 0 N–H and O–H groups in total. The minimum atomic E-state index is -0.514. The van der Waals surface area contributed by atoms with Crippen molar-refractivity contribution >= 4 is 5.97 Å². The highest BCUT2D eigenvalue weighted by atomic mass is 17.2. The average Bonchev–Trinajstić information content (AvgIpc) is 2.27. The van der Waals surface area contributed by atoms with E-state index in [4.69, 9.17) is 4.74 Å². The predicted octanol–water partition coefficient (Wildman–Crippen LogP) is 2.19. The molecule has 0 heterocycles. The van der Waals surface area contributed by atoms with Crippen LogP contribution in [0.2, 0.25) is 0 Å². The molecule has 0 atom stereocenters. The van der Waals surface area contributed by atoms with Gasteiger partial charge >= 0.3 is 5.97 Å². The van der Waals surface area contributed by atoms with E-state index < -0.39 is 5.97 Å². The van der Waals surface area contributed by atoms with Crippen LogP contribution in [0.5, 0.6) is 5.75 Å². The Morgan fingerprint density at radius 3 is 2.47 bits per heavy atom. The molecular weight excluding hydrogens is 196 g/mol. The summed E-state index contributed by atoms with van der Waals surface area (Å²) in [5.41, 5.74) is 0.431. The van der Waals surface area contributed by atoms with Crippen molar-refractivity contribution in [1.29, 1.82) is 0 Å². The Morgan fingerprint density at radius 1 is 1.27 bits per heavy atom. The van der Waals surface area contributed by atoms with E-state index in [9.17, 15) is 4.79 Å². The molecule has 0 aliphatic rings. The van der Waals surface area contributed by atoms with Crippen LogP contribution in [0.4, 0.5) is 0 Å². The summed E-state index contributed by atoms with van der Waals surface area (Å²) in [7, 11) is 1.29. The van der Waals surface area contributed by atoms with E-state index in [1.54, 1.807) is 24.3 Å². The number of ether oxygens (including phenoxy) is 1. The summed E-state index contributed by atoms with van der Waals surface area (Å²) in [6.07, 6.45) is 0.952. The van der Waals surface area contributed by atoms with Gasteiger partial charge in [-0.25, -0.2) is 4.79 Å². The van der Waals surface area contributed by atoms with E-state index in [0.29, 0.717) is 12.2 Å². The van der Waals surface area contributed by atoms with Crippen LogP contribution in [0.15, 0.2) is 24.3 Å². The van der Waals surface area contributed by atoms with E-state index in [1.165, 1.54) is 7.11 Å². The second-order valence-electron chi connectivity index (χ2n) is 2.91. The van der Waals surface area contributed by atoms with Gasteiger partial charge in [-0.1, -0.05) is 6.92 Å². The van der Waals surface area contributed by atoms with Gasteiger partial charge < -0.3 is 4.74 Å². The second kappa shape index (κ2) is 6.03. The van der Waals surface area contributed by atoms with Crippen molar-refractivity contribution in [3.63, 3.8) is 0 Å². The van der Waals surface area contributed by atoms with Gasteiger partial charge in [0.1, 0.15) is 5.75 Å². The molecule has 0 radical (unpaired) electrons. The maximum Gasteiger partial charge on any atom is 0.373 e. The molecule has 82 valence electrons. The lowest BCUT2D eigenvalue weighted by Crippen LogP contribution is -2.04. The Hall–Kier alpha value is -1.55. The number of rotatable bonds is 5. The van der Waals surface area contributed by atoms with Crippen LogP contribution < -0.4 is 4.74 Å². The summed E-state index contributed by atoms with van der Waals surface area (Å²) in [5, 5.41) is 0. The van der Waals surface area contributed by atoms with E-state index in [2.05, 4.69) is 9.78 Å². The summed E-state index contributed by atoms with van der Waals surface area (Å²) >= 11 is 0. The zero-order valence-corrected chi connectivity index (χ0v) is 8.86. The van der Waals surface area contributed by atoms with E-state index in [0.717, 1.165) is 12.2 Å². The standard InChI is InChI=1S/C11H14O4/c1-3-8-14-10-6-4-9(5-7-10)11(12)15-13-2/h4-7H,3,8H2,1-2H3. The molecule has 0 saturated heterocycles. The highest BCUT2D eigenvalue weighted by molar-refractivity contribution is 5.89. The molecule has 0 aliphatic heterocycles. The number of carbonyl (C=O) groups excluding carboxylic acids is 1. The van der Waals surface area contributed by atoms with Crippen LogP contribution in [0.1, 0.15) is 23.7 Å². The molecule has 0 saturated carbocycles. The van der Waals surface area contributed by atoms with Crippen LogP contribution in [0.25, 0.3) is 0 Å². The molecule has 0 aliphatic carbocycles. The van der Waals surface area contributed by atoms with E-state index in [1.807, 2.05) is 6.92 Å². The normalized spacial score (nSPS) is 9.73. The third-order valence-electron chi connectivity index (χ3n) is 1.72. The second-order valence-corrected chi connectivity index (χ2v) is 2.91. The molecule has 0 aromatic heterocycles. The molecule has 0 amide bonds. The maximum absolute atomic E-state index is 11.2. The van der Waals surface area contributed by atoms with E-state index in [-0.39, 0.29) is 0 Å².